The summed E-state index contributed by atoms with van der Waals surface area (Å²) >= 11 is 1.64. The summed E-state index contributed by atoms with van der Waals surface area (Å²) < 4.78 is 6.31. The van der Waals surface area contributed by atoms with Crippen LogP contribution in [0.25, 0.3) is 10.2 Å². The van der Waals surface area contributed by atoms with Crippen LogP contribution in [0, 0.1) is 11.8 Å². The summed E-state index contributed by atoms with van der Waals surface area (Å²) in [5, 5.41) is 0. The predicted molar refractivity (Wildman–Crippen MR) is 78.6 cm³/mol. The lowest BCUT2D eigenvalue weighted by atomic mass is 10.1. The molecule has 0 amide bonds. The van der Waals surface area contributed by atoms with Gasteiger partial charge in [0, 0.05) is 11.1 Å². The number of nitrogens with zero attached hydrogens (tertiary/aromatic N) is 1. The molecule has 0 N–H and O–H groups in total. The van der Waals surface area contributed by atoms with Gasteiger partial charge in [-0.05, 0) is 42.5 Å². The topological polar surface area (TPSA) is 22.1 Å². The first-order valence-electron chi connectivity index (χ1n) is 5.84. The van der Waals surface area contributed by atoms with E-state index in [2.05, 4.69) is 22.9 Å². The zero-order valence-corrected chi connectivity index (χ0v) is 11.2. The van der Waals surface area contributed by atoms with Crippen LogP contribution in [0.15, 0.2) is 48.0 Å². The molecule has 0 aliphatic heterocycles. The lowest BCUT2D eigenvalue weighted by Gasteiger charge is -1.97. The predicted octanol–water partition coefficient (Wildman–Crippen LogP) is 3.70. The van der Waals surface area contributed by atoms with Crippen molar-refractivity contribution in [1.82, 2.24) is 4.98 Å². The van der Waals surface area contributed by atoms with Crippen molar-refractivity contribution < 1.29 is 4.74 Å². The molecule has 0 saturated heterocycles. The minimum atomic E-state index is 0.842. The molecule has 0 bridgehead atoms. The van der Waals surface area contributed by atoms with Gasteiger partial charge in [-0.15, -0.1) is 11.3 Å². The molecule has 1 heterocycles. The zero-order chi connectivity index (χ0) is 13.1. The van der Waals surface area contributed by atoms with E-state index in [9.17, 15) is 0 Å². The number of hydrogen-bond donors (Lipinski definition) is 0. The van der Waals surface area contributed by atoms with Gasteiger partial charge in [0.15, 0.2) is 0 Å². The van der Waals surface area contributed by atoms with E-state index in [1.54, 1.807) is 18.4 Å². The molecule has 0 radical (unpaired) electrons. The van der Waals surface area contributed by atoms with E-state index in [1.807, 2.05) is 41.9 Å². The lowest BCUT2D eigenvalue weighted by Crippen LogP contribution is -1.82. The number of benzene rings is 2. The maximum absolute atomic E-state index is 5.12. The average molecular weight is 265 g/mol. The number of hydrogen-bond acceptors (Lipinski definition) is 3. The smallest absolute Gasteiger partial charge is 0.118 e. The number of rotatable bonds is 1. The minimum Gasteiger partial charge on any atom is -0.497 e. The SMILES string of the molecule is COc1ccc(C#Cc2ccc3scnc3c2)cc1. The molecule has 0 atom stereocenters. The minimum absolute atomic E-state index is 0.842. The molecule has 0 spiro atoms. The number of aromatic nitrogens is 1. The fourth-order valence-electron chi connectivity index (χ4n) is 1.75. The Kier molecular flexibility index (Phi) is 3.18. The molecule has 2 nitrogen and oxygen atoms in total. The summed E-state index contributed by atoms with van der Waals surface area (Å²) in [7, 11) is 1.66. The normalized spacial score (nSPS) is 9.95. The summed E-state index contributed by atoms with van der Waals surface area (Å²) in [6, 6.07) is 13.8. The van der Waals surface area contributed by atoms with Gasteiger partial charge in [-0.1, -0.05) is 11.8 Å². The Labute approximate surface area is 115 Å². The maximum Gasteiger partial charge on any atom is 0.118 e. The van der Waals surface area contributed by atoms with Crippen LogP contribution in [0.4, 0.5) is 0 Å². The summed E-state index contributed by atoms with van der Waals surface area (Å²) in [5.74, 6) is 7.14. The summed E-state index contributed by atoms with van der Waals surface area (Å²) in [6.45, 7) is 0. The molecule has 0 fully saturated rings. The summed E-state index contributed by atoms with van der Waals surface area (Å²) in [6.07, 6.45) is 0. The van der Waals surface area contributed by atoms with Crippen molar-refractivity contribution in [3.8, 4) is 17.6 Å². The Morgan fingerprint density at radius 2 is 1.74 bits per heavy atom. The van der Waals surface area contributed by atoms with Crippen molar-refractivity contribution in [3.63, 3.8) is 0 Å². The third-order valence-corrected chi connectivity index (χ3v) is 3.58. The fourth-order valence-corrected chi connectivity index (χ4v) is 2.41. The molecular weight excluding hydrogens is 254 g/mol. The quantitative estimate of drug-likeness (QED) is 0.626. The number of thiazole rings is 1. The van der Waals surface area contributed by atoms with Crippen LogP contribution in [-0.2, 0) is 0 Å². The zero-order valence-electron chi connectivity index (χ0n) is 10.4. The van der Waals surface area contributed by atoms with Gasteiger partial charge in [0.2, 0.25) is 0 Å². The van der Waals surface area contributed by atoms with Gasteiger partial charge in [-0.3, -0.25) is 0 Å². The lowest BCUT2D eigenvalue weighted by molar-refractivity contribution is 0.415. The van der Waals surface area contributed by atoms with Gasteiger partial charge in [0.1, 0.15) is 5.75 Å². The third kappa shape index (κ3) is 2.59. The molecule has 3 aromatic rings. The molecule has 92 valence electrons. The number of fused-ring (bicyclic) bond motifs is 1. The molecule has 2 aromatic carbocycles. The van der Waals surface area contributed by atoms with Crippen LogP contribution in [0.5, 0.6) is 5.75 Å². The second kappa shape index (κ2) is 5.13. The van der Waals surface area contributed by atoms with E-state index >= 15 is 0 Å². The van der Waals surface area contributed by atoms with Gasteiger partial charge >= 0.3 is 0 Å². The Morgan fingerprint density at radius 1 is 1.00 bits per heavy atom. The van der Waals surface area contributed by atoms with Crippen LogP contribution in [0.1, 0.15) is 11.1 Å². The first kappa shape index (κ1) is 11.8. The van der Waals surface area contributed by atoms with E-state index in [0.29, 0.717) is 0 Å². The van der Waals surface area contributed by atoms with Gasteiger partial charge < -0.3 is 4.74 Å². The summed E-state index contributed by atoms with van der Waals surface area (Å²) in [4.78, 5) is 4.29. The van der Waals surface area contributed by atoms with Crippen LogP contribution >= 0.6 is 11.3 Å². The standard InChI is InChI=1S/C16H11NOS/c1-18-14-7-4-12(5-8-14)2-3-13-6-9-16-15(10-13)17-11-19-16/h4-11H,1H3. The molecule has 0 unspecified atom stereocenters. The second-order valence-corrected chi connectivity index (χ2v) is 4.90. The molecule has 3 rings (SSSR count). The highest BCUT2D eigenvalue weighted by molar-refractivity contribution is 7.16. The van der Waals surface area contributed by atoms with Crippen LogP contribution in [-0.4, -0.2) is 12.1 Å². The Bertz CT molecular complexity index is 763. The molecule has 0 aliphatic rings. The van der Waals surface area contributed by atoms with Crippen molar-refractivity contribution in [3.05, 3.63) is 59.1 Å². The van der Waals surface area contributed by atoms with E-state index in [4.69, 9.17) is 4.74 Å². The molecule has 3 heteroatoms. The van der Waals surface area contributed by atoms with Crippen LogP contribution in [0.3, 0.4) is 0 Å². The second-order valence-electron chi connectivity index (χ2n) is 4.01. The van der Waals surface area contributed by atoms with E-state index in [1.165, 1.54) is 4.70 Å². The average Bonchev–Trinajstić information content (AvgIpc) is 2.93. The largest absolute Gasteiger partial charge is 0.497 e. The molecular formula is C16H11NOS. The van der Waals surface area contributed by atoms with Crippen molar-refractivity contribution >= 4 is 21.6 Å². The van der Waals surface area contributed by atoms with Crippen LogP contribution in [0.2, 0.25) is 0 Å². The van der Waals surface area contributed by atoms with E-state index < -0.39 is 0 Å². The monoisotopic (exact) mass is 265 g/mol. The Hall–Kier alpha value is -2.31. The van der Waals surface area contributed by atoms with Crippen molar-refractivity contribution in [2.75, 3.05) is 7.11 Å². The van der Waals surface area contributed by atoms with Gasteiger partial charge in [-0.2, -0.15) is 0 Å². The highest BCUT2D eigenvalue weighted by atomic mass is 32.1. The summed E-state index contributed by atoms with van der Waals surface area (Å²) in [5.41, 5.74) is 4.81. The van der Waals surface area contributed by atoms with Gasteiger partial charge in [0.05, 0.1) is 22.8 Å². The molecule has 0 saturated carbocycles. The highest BCUT2D eigenvalue weighted by Gasteiger charge is 1.96. The number of methoxy groups -OCH3 is 1. The highest BCUT2D eigenvalue weighted by Crippen LogP contribution is 2.18. The Balaban J connectivity index is 1.89. The Morgan fingerprint density at radius 3 is 2.53 bits per heavy atom. The van der Waals surface area contributed by atoms with Crippen molar-refractivity contribution in [1.29, 1.82) is 0 Å². The van der Waals surface area contributed by atoms with E-state index in [-0.39, 0.29) is 0 Å². The van der Waals surface area contributed by atoms with E-state index in [0.717, 1.165) is 22.4 Å². The third-order valence-electron chi connectivity index (χ3n) is 2.77. The molecule has 0 aliphatic carbocycles. The molecule has 19 heavy (non-hydrogen) atoms. The molecule has 1 aromatic heterocycles. The fraction of sp³-hybridized carbons (Fsp3) is 0.0625. The van der Waals surface area contributed by atoms with Gasteiger partial charge in [-0.25, -0.2) is 4.98 Å². The maximum atomic E-state index is 5.12. The first-order valence-corrected chi connectivity index (χ1v) is 6.72. The number of ether oxygens (including phenoxy) is 1. The van der Waals surface area contributed by atoms with Crippen LogP contribution < -0.4 is 4.74 Å². The van der Waals surface area contributed by atoms with Crippen molar-refractivity contribution in [2.24, 2.45) is 0 Å². The van der Waals surface area contributed by atoms with Gasteiger partial charge in [0.25, 0.3) is 0 Å². The first-order chi connectivity index (χ1) is 9.35. The van der Waals surface area contributed by atoms with Crippen molar-refractivity contribution in [2.45, 2.75) is 0 Å².